The van der Waals surface area contributed by atoms with Crippen molar-refractivity contribution < 1.29 is 9.52 Å². The van der Waals surface area contributed by atoms with E-state index in [1.807, 2.05) is 31.2 Å². The van der Waals surface area contributed by atoms with Gasteiger partial charge in [-0.25, -0.2) is 4.98 Å². The van der Waals surface area contributed by atoms with Crippen molar-refractivity contribution >= 4 is 32.5 Å². The molecular weight excluding hydrogens is 408 g/mol. The molecule has 4 aromatic rings. The lowest BCUT2D eigenvalue weighted by molar-refractivity contribution is 0.151. The van der Waals surface area contributed by atoms with Crippen molar-refractivity contribution in [2.75, 3.05) is 6.54 Å². The second-order valence-corrected chi connectivity index (χ2v) is 9.40. The Morgan fingerprint density at radius 2 is 2.13 bits per heavy atom. The molecule has 0 unspecified atom stereocenters. The molecule has 1 atom stereocenters. The first-order valence-corrected chi connectivity index (χ1v) is 11.8. The number of fused-ring (bicyclic) bond motifs is 2. The van der Waals surface area contributed by atoms with Gasteiger partial charge in [0.05, 0.1) is 26.7 Å². The van der Waals surface area contributed by atoms with E-state index in [-0.39, 0.29) is 11.2 Å². The predicted octanol–water partition coefficient (Wildman–Crippen LogP) is 5.71. The first-order valence-electron chi connectivity index (χ1n) is 11.0. The Hall–Kier alpha value is -2.70. The van der Waals surface area contributed by atoms with E-state index in [9.17, 15) is 9.90 Å². The van der Waals surface area contributed by atoms with Crippen LogP contribution in [0, 0.1) is 0 Å². The number of rotatable bonds is 4. The number of phenols is 1. The van der Waals surface area contributed by atoms with Crippen molar-refractivity contribution in [3.8, 4) is 16.3 Å². The summed E-state index contributed by atoms with van der Waals surface area (Å²) >= 11 is 1.49. The van der Waals surface area contributed by atoms with Gasteiger partial charge in [-0.05, 0) is 56.5 Å². The molecule has 1 N–H and O–H groups in total. The number of likely N-dealkylation sites (tertiary alicyclic amines) is 1. The van der Waals surface area contributed by atoms with Gasteiger partial charge >= 0.3 is 0 Å². The minimum absolute atomic E-state index is 0.0945. The molecule has 1 saturated heterocycles. The molecule has 1 aliphatic rings. The number of nitrogens with zero attached hydrogens (tertiary/aromatic N) is 2. The van der Waals surface area contributed by atoms with Gasteiger partial charge in [0.2, 0.25) is 5.43 Å². The molecule has 0 saturated carbocycles. The average Bonchev–Trinajstić information content (AvgIpc) is 3.21. The molecule has 0 spiro atoms. The highest BCUT2D eigenvalue weighted by atomic mass is 32.1. The zero-order chi connectivity index (χ0) is 21.5. The van der Waals surface area contributed by atoms with Gasteiger partial charge in [-0.1, -0.05) is 25.5 Å². The molecule has 2 aromatic heterocycles. The number of thiazole rings is 1. The van der Waals surface area contributed by atoms with Crippen molar-refractivity contribution in [3.05, 3.63) is 57.9 Å². The number of hydrogen-bond acceptors (Lipinski definition) is 6. The first kappa shape index (κ1) is 20.2. The maximum absolute atomic E-state index is 13.5. The van der Waals surface area contributed by atoms with Gasteiger partial charge in [-0.2, -0.15) is 0 Å². The van der Waals surface area contributed by atoms with Crippen LogP contribution in [0.4, 0.5) is 0 Å². The third-order valence-corrected chi connectivity index (χ3v) is 7.49. The van der Waals surface area contributed by atoms with Crippen molar-refractivity contribution in [2.24, 2.45) is 0 Å². The quantitative estimate of drug-likeness (QED) is 0.445. The van der Waals surface area contributed by atoms with E-state index in [4.69, 9.17) is 4.42 Å². The smallest absolute Gasteiger partial charge is 0.202 e. The molecule has 6 heteroatoms. The van der Waals surface area contributed by atoms with Gasteiger partial charge in [-0.3, -0.25) is 9.69 Å². The minimum atomic E-state index is -0.0945. The highest BCUT2D eigenvalue weighted by molar-refractivity contribution is 7.21. The Labute approximate surface area is 185 Å². The van der Waals surface area contributed by atoms with E-state index in [1.54, 1.807) is 6.07 Å². The van der Waals surface area contributed by atoms with Crippen LogP contribution in [-0.2, 0) is 13.0 Å². The SMILES string of the molecule is CCc1cc2c(=O)c(-c3nc4ccccc4s3)coc2c(CN2CCCC[C@@H]2C)c1O. The average molecular weight is 435 g/mol. The van der Waals surface area contributed by atoms with Crippen LogP contribution in [0.2, 0.25) is 0 Å². The Bertz CT molecular complexity index is 1290. The van der Waals surface area contributed by atoms with E-state index < -0.39 is 0 Å². The standard InChI is InChI=1S/C25H26N2O3S/c1-3-16-12-17-23(29)19(25-26-20-9-4-5-10-21(20)31-25)14-30-24(17)18(22(16)28)13-27-11-7-6-8-15(27)2/h4-5,9-10,12,14-15,28H,3,6-8,11,13H2,1-2H3/t15-/m0/s1. The van der Waals surface area contributed by atoms with E-state index in [1.165, 1.54) is 24.0 Å². The monoisotopic (exact) mass is 434 g/mol. The second kappa shape index (κ2) is 8.09. The molecule has 3 heterocycles. The van der Waals surface area contributed by atoms with Crippen LogP contribution in [0.1, 0.15) is 44.2 Å². The van der Waals surface area contributed by atoms with E-state index in [0.29, 0.717) is 40.5 Å². The molecule has 1 fully saturated rings. The maximum atomic E-state index is 13.5. The number of hydrogen-bond donors (Lipinski definition) is 1. The zero-order valence-corrected chi connectivity index (χ0v) is 18.7. The molecule has 0 aliphatic carbocycles. The van der Waals surface area contributed by atoms with Gasteiger partial charge < -0.3 is 9.52 Å². The molecule has 0 amide bonds. The van der Waals surface area contributed by atoms with Crippen LogP contribution < -0.4 is 5.43 Å². The summed E-state index contributed by atoms with van der Waals surface area (Å²) in [6, 6.07) is 10.1. The highest BCUT2D eigenvalue weighted by Gasteiger charge is 2.24. The molecule has 31 heavy (non-hydrogen) atoms. The van der Waals surface area contributed by atoms with Crippen molar-refractivity contribution in [3.63, 3.8) is 0 Å². The summed E-state index contributed by atoms with van der Waals surface area (Å²) < 4.78 is 7.08. The summed E-state index contributed by atoms with van der Waals surface area (Å²) in [5.41, 5.74) is 3.24. The molecule has 0 bridgehead atoms. The number of phenolic OH excluding ortho intramolecular Hbond substituents is 1. The van der Waals surface area contributed by atoms with Crippen LogP contribution in [-0.4, -0.2) is 27.6 Å². The largest absolute Gasteiger partial charge is 0.507 e. The summed E-state index contributed by atoms with van der Waals surface area (Å²) in [6.45, 7) is 5.80. The molecule has 0 radical (unpaired) electrons. The topological polar surface area (TPSA) is 66.6 Å². The number of para-hydroxylation sites is 1. The third kappa shape index (κ3) is 3.54. The molecule has 5 rings (SSSR count). The molecule has 1 aliphatic heterocycles. The Kier molecular flexibility index (Phi) is 5.28. The predicted molar refractivity (Wildman–Crippen MR) is 126 cm³/mol. The lowest BCUT2D eigenvalue weighted by Gasteiger charge is -2.33. The number of aromatic hydroxyl groups is 1. The highest BCUT2D eigenvalue weighted by Crippen LogP contribution is 2.35. The summed E-state index contributed by atoms with van der Waals surface area (Å²) in [7, 11) is 0. The normalized spacial score (nSPS) is 17.5. The lowest BCUT2D eigenvalue weighted by atomic mass is 9.98. The van der Waals surface area contributed by atoms with Crippen molar-refractivity contribution in [2.45, 2.75) is 52.1 Å². The van der Waals surface area contributed by atoms with Crippen molar-refractivity contribution in [1.82, 2.24) is 9.88 Å². The number of aryl methyl sites for hydroxylation is 1. The first-order chi connectivity index (χ1) is 15.1. The molecule has 5 nitrogen and oxygen atoms in total. The molecule has 160 valence electrons. The van der Waals surface area contributed by atoms with Gasteiger partial charge in [-0.15, -0.1) is 11.3 Å². The van der Waals surface area contributed by atoms with Gasteiger partial charge in [0.25, 0.3) is 0 Å². The fourth-order valence-electron chi connectivity index (χ4n) is 4.54. The Balaban J connectivity index is 1.66. The van der Waals surface area contributed by atoms with Gasteiger partial charge in [0.15, 0.2) is 0 Å². The second-order valence-electron chi connectivity index (χ2n) is 8.37. The zero-order valence-electron chi connectivity index (χ0n) is 17.9. The van der Waals surface area contributed by atoms with Crippen LogP contribution >= 0.6 is 11.3 Å². The van der Waals surface area contributed by atoms with Crippen LogP contribution in [0.5, 0.6) is 5.75 Å². The van der Waals surface area contributed by atoms with E-state index in [2.05, 4.69) is 16.8 Å². The Morgan fingerprint density at radius 3 is 2.90 bits per heavy atom. The van der Waals surface area contributed by atoms with Crippen LogP contribution in [0.25, 0.3) is 31.8 Å². The van der Waals surface area contributed by atoms with Crippen LogP contribution in [0.3, 0.4) is 0 Å². The van der Waals surface area contributed by atoms with Crippen LogP contribution in [0.15, 0.2) is 45.8 Å². The summed E-state index contributed by atoms with van der Waals surface area (Å²) in [5.74, 6) is 0.253. The lowest BCUT2D eigenvalue weighted by Crippen LogP contribution is -2.36. The molecule has 2 aromatic carbocycles. The fourth-order valence-corrected chi connectivity index (χ4v) is 5.51. The summed E-state index contributed by atoms with van der Waals surface area (Å²) in [5, 5.41) is 12.2. The molecular formula is C25H26N2O3S. The van der Waals surface area contributed by atoms with Gasteiger partial charge in [0.1, 0.15) is 22.6 Å². The van der Waals surface area contributed by atoms with E-state index in [0.717, 1.165) is 40.7 Å². The fraction of sp³-hybridized carbons (Fsp3) is 0.360. The maximum Gasteiger partial charge on any atom is 0.202 e. The number of benzene rings is 2. The van der Waals surface area contributed by atoms with Gasteiger partial charge in [0, 0.05) is 12.6 Å². The summed E-state index contributed by atoms with van der Waals surface area (Å²) in [4.78, 5) is 20.5. The number of aromatic nitrogens is 1. The summed E-state index contributed by atoms with van der Waals surface area (Å²) in [6.07, 6.45) is 5.70. The van der Waals surface area contributed by atoms with Crippen molar-refractivity contribution in [1.29, 1.82) is 0 Å². The third-order valence-electron chi connectivity index (χ3n) is 6.42. The Morgan fingerprint density at radius 1 is 1.29 bits per heavy atom. The number of piperidine rings is 1. The van der Waals surface area contributed by atoms with E-state index >= 15 is 0 Å². The minimum Gasteiger partial charge on any atom is -0.507 e.